The summed E-state index contributed by atoms with van der Waals surface area (Å²) in [5.74, 6) is 0.662. The normalized spacial score (nSPS) is 11.5. The number of para-hydroxylation sites is 2. The van der Waals surface area contributed by atoms with E-state index in [1.54, 1.807) is 0 Å². The SMILES string of the molecule is c1ccc(-c2ccc(-c3cc(-c4cc(-c5nc6ccccc6c6ccccc56)c5oc6c(-c7ccccc7)cccc6c5c4)nc(-c4ccccc4)n3)cc2)cc1. The molecule has 0 radical (unpaired) electrons. The molecular formula is C53H33N3O. The van der Waals surface area contributed by atoms with Crippen molar-refractivity contribution >= 4 is 43.6 Å². The summed E-state index contributed by atoms with van der Waals surface area (Å²) in [4.78, 5) is 15.8. The molecule has 266 valence electrons. The van der Waals surface area contributed by atoms with Crippen molar-refractivity contribution in [2.75, 3.05) is 0 Å². The number of fused-ring (bicyclic) bond motifs is 6. The molecule has 57 heavy (non-hydrogen) atoms. The van der Waals surface area contributed by atoms with Crippen LogP contribution in [0.1, 0.15) is 0 Å². The van der Waals surface area contributed by atoms with E-state index in [1.807, 2.05) is 36.4 Å². The number of benzene rings is 8. The number of furan rings is 1. The van der Waals surface area contributed by atoms with E-state index in [1.165, 1.54) is 5.56 Å². The van der Waals surface area contributed by atoms with Crippen LogP contribution >= 0.6 is 0 Å². The van der Waals surface area contributed by atoms with Crippen LogP contribution in [0.2, 0.25) is 0 Å². The maximum Gasteiger partial charge on any atom is 0.160 e. The molecule has 0 aliphatic rings. The van der Waals surface area contributed by atoms with Crippen LogP contribution in [0, 0.1) is 0 Å². The summed E-state index contributed by atoms with van der Waals surface area (Å²) in [5.41, 5.74) is 13.4. The second-order valence-electron chi connectivity index (χ2n) is 14.3. The van der Waals surface area contributed by atoms with E-state index in [4.69, 9.17) is 19.4 Å². The second-order valence-corrected chi connectivity index (χ2v) is 14.3. The van der Waals surface area contributed by atoms with Crippen LogP contribution in [0.5, 0.6) is 0 Å². The highest BCUT2D eigenvalue weighted by molar-refractivity contribution is 6.18. The third kappa shape index (κ3) is 5.74. The zero-order valence-corrected chi connectivity index (χ0v) is 30.8. The Bertz CT molecular complexity index is 3260. The van der Waals surface area contributed by atoms with E-state index < -0.39 is 0 Å². The highest BCUT2D eigenvalue weighted by Gasteiger charge is 2.22. The lowest BCUT2D eigenvalue weighted by atomic mass is 9.95. The summed E-state index contributed by atoms with van der Waals surface area (Å²) in [6, 6.07) is 69.6. The summed E-state index contributed by atoms with van der Waals surface area (Å²) < 4.78 is 7.04. The summed E-state index contributed by atoms with van der Waals surface area (Å²) in [6.07, 6.45) is 0. The molecule has 0 bridgehead atoms. The van der Waals surface area contributed by atoms with Crippen LogP contribution in [0.25, 0.3) is 111 Å². The maximum absolute atomic E-state index is 7.04. The smallest absolute Gasteiger partial charge is 0.160 e. The predicted octanol–water partition coefficient (Wildman–Crippen LogP) is 14.1. The molecule has 0 spiro atoms. The maximum atomic E-state index is 7.04. The van der Waals surface area contributed by atoms with Crippen LogP contribution < -0.4 is 0 Å². The number of hydrogen-bond acceptors (Lipinski definition) is 4. The molecule has 3 aromatic heterocycles. The molecule has 11 aromatic rings. The van der Waals surface area contributed by atoms with Gasteiger partial charge in [-0.1, -0.05) is 176 Å². The van der Waals surface area contributed by atoms with Gasteiger partial charge in [-0.3, -0.25) is 0 Å². The number of pyridine rings is 1. The zero-order chi connectivity index (χ0) is 37.7. The van der Waals surface area contributed by atoms with E-state index in [0.717, 1.165) is 99.6 Å². The van der Waals surface area contributed by atoms with Gasteiger partial charge in [0.1, 0.15) is 11.2 Å². The average Bonchev–Trinajstić information content (AvgIpc) is 3.68. The van der Waals surface area contributed by atoms with Gasteiger partial charge in [0.25, 0.3) is 0 Å². The van der Waals surface area contributed by atoms with Gasteiger partial charge in [0, 0.05) is 49.4 Å². The lowest BCUT2D eigenvalue weighted by Gasteiger charge is -2.13. The minimum atomic E-state index is 0.662. The van der Waals surface area contributed by atoms with E-state index >= 15 is 0 Å². The van der Waals surface area contributed by atoms with Gasteiger partial charge in [0.15, 0.2) is 5.82 Å². The van der Waals surface area contributed by atoms with Crippen molar-refractivity contribution in [1.29, 1.82) is 0 Å². The van der Waals surface area contributed by atoms with E-state index in [9.17, 15) is 0 Å². The van der Waals surface area contributed by atoms with Crippen LogP contribution in [0.3, 0.4) is 0 Å². The first-order valence-corrected chi connectivity index (χ1v) is 19.2. The minimum absolute atomic E-state index is 0.662. The predicted molar refractivity (Wildman–Crippen MR) is 235 cm³/mol. The number of nitrogens with zero attached hydrogens (tertiary/aromatic N) is 3. The Morgan fingerprint density at radius 3 is 1.58 bits per heavy atom. The Balaban J connectivity index is 1.19. The molecule has 4 nitrogen and oxygen atoms in total. The van der Waals surface area contributed by atoms with Crippen molar-refractivity contribution < 1.29 is 4.42 Å². The quantitative estimate of drug-likeness (QED) is 0.160. The summed E-state index contributed by atoms with van der Waals surface area (Å²) in [7, 11) is 0. The van der Waals surface area contributed by atoms with Crippen molar-refractivity contribution in [3.63, 3.8) is 0 Å². The molecule has 0 amide bonds. The average molecular weight is 728 g/mol. The van der Waals surface area contributed by atoms with Crippen molar-refractivity contribution in [3.05, 3.63) is 200 Å². The first-order chi connectivity index (χ1) is 28.2. The molecule has 11 rings (SSSR count). The molecule has 0 saturated heterocycles. The first kappa shape index (κ1) is 32.7. The third-order valence-corrected chi connectivity index (χ3v) is 10.9. The molecule has 8 aromatic carbocycles. The Hall–Kier alpha value is -7.69. The van der Waals surface area contributed by atoms with E-state index in [0.29, 0.717) is 5.82 Å². The van der Waals surface area contributed by atoms with Gasteiger partial charge in [0.05, 0.1) is 22.6 Å². The molecule has 0 saturated carbocycles. The van der Waals surface area contributed by atoms with Gasteiger partial charge in [-0.15, -0.1) is 0 Å². The number of aromatic nitrogens is 3. The monoisotopic (exact) mass is 727 g/mol. The molecule has 0 unspecified atom stereocenters. The van der Waals surface area contributed by atoms with Gasteiger partial charge in [-0.2, -0.15) is 0 Å². The van der Waals surface area contributed by atoms with E-state index in [2.05, 4.69) is 164 Å². The summed E-state index contributed by atoms with van der Waals surface area (Å²) in [6.45, 7) is 0. The molecule has 0 N–H and O–H groups in total. The first-order valence-electron chi connectivity index (χ1n) is 19.2. The van der Waals surface area contributed by atoms with Crippen molar-refractivity contribution in [3.8, 4) is 67.4 Å². The van der Waals surface area contributed by atoms with Gasteiger partial charge in [-0.05, 0) is 46.3 Å². The Morgan fingerprint density at radius 1 is 0.298 bits per heavy atom. The topological polar surface area (TPSA) is 51.8 Å². The van der Waals surface area contributed by atoms with E-state index in [-0.39, 0.29) is 0 Å². The number of rotatable bonds is 6. The van der Waals surface area contributed by atoms with Crippen LogP contribution in [-0.2, 0) is 0 Å². The fourth-order valence-electron chi connectivity index (χ4n) is 8.10. The minimum Gasteiger partial charge on any atom is -0.455 e. The Kier molecular flexibility index (Phi) is 7.78. The Labute approximate surface area is 329 Å². The van der Waals surface area contributed by atoms with Crippen molar-refractivity contribution in [2.24, 2.45) is 0 Å². The molecule has 0 aliphatic carbocycles. The van der Waals surface area contributed by atoms with Crippen LogP contribution in [0.15, 0.2) is 205 Å². The van der Waals surface area contributed by atoms with Crippen molar-refractivity contribution in [2.45, 2.75) is 0 Å². The summed E-state index contributed by atoms with van der Waals surface area (Å²) in [5, 5.41) is 5.36. The third-order valence-electron chi connectivity index (χ3n) is 10.9. The van der Waals surface area contributed by atoms with Crippen LogP contribution in [-0.4, -0.2) is 15.0 Å². The Morgan fingerprint density at radius 2 is 0.842 bits per heavy atom. The fourth-order valence-corrected chi connectivity index (χ4v) is 8.10. The molecule has 0 atom stereocenters. The van der Waals surface area contributed by atoms with Crippen LogP contribution in [0.4, 0.5) is 0 Å². The summed E-state index contributed by atoms with van der Waals surface area (Å²) >= 11 is 0. The van der Waals surface area contributed by atoms with Gasteiger partial charge >= 0.3 is 0 Å². The molecule has 4 heteroatoms. The standard InChI is InChI=1S/C53H33N3O/c1-4-15-34(16-5-1)35-27-29-37(30-28-35)48-33-49(56-53(55-48)38-19-8-3-9-20-38)39-31-45-44-25-14-24-40(36-17-6-2-7-18-36)51(44)57-52(45)46(32-39)50-43-23-11-10-21-41(43)42-22-12-13-26-47(42)54-50/h1-33H. The molecule has 3 heterocycles. The fraction of sp³-hybridized carbons (Fsp3) is 0. The van der Waals surface area contributed by atoms with Gasteiger partial charge in [0.2, 0.25) is 0 Å². The lowest BCUT2D eigenvalue weighted by molar-refractivity contribution is 0.671. The zero-order valence-electron chi connectivity index (χ0n) is 30.8. The van der Waals surface area contributed by atoms with Crippen molar-refractivity contribution in [1.82, 2.24) is 15.0 Å². The lowest BCUT2D eigenvalue weighted by Crippen LogP contribution is -1.97. The number of hydrogen-bond donors (Lipinski definition) is 0. The van der Waals surface area contributed by atoms with Gasteiger partial charge < -0.3 is 4.42 Å². The molecule has 0 fully saturated rings. The highest BCUT2D eigenvalue weighted by atomic mass is 16.3. The molecule has 0 aliphatic heterocycles. The van der Waals surface area contributed by atoms with Gasteiger partial charge in [-0.25, -0.2) is 15.0 Å². The molecular weight excluding hydrogens is 695 g/mol. The second kappa shape index (κ2) is 13.6. The largest absolute Gasteiger partial charge is 0.455 e. The highest BCUT2D eigenvalue weighted by Crippen LogP contribution is 2.44.